The van der Waals surface area contributed by atoms with E-state index in [1.807, 2.05) is 0 Å². The molecular weight excluding hydrogens is 357 g/mol. The van der Waals surface area contributed by atoms with E-state index in [-0.39, 0.29) is 50.2 Å². The van der Waals surface area contributed by atoms with Crippen LogP contribution in [0.25, 0.3) is 0 Å². The second kappa shape index (κ2) is 20.3. The molecule has 1 unspecified atom stereocenters. The zero-order valence-corrected chi connectivity index (χ0v) is 19.6. The van der Waals surface area contributed by atoms with Gasteiger partial charge in [0.25, 0.3) is 0 Å². The van der Waals surface area contributed by atoms with Crippen molar-refractivity contribution in [2.75, 3.05) is 7.11 Å². The SMILES string of the molecule is CCCCCCCCCCCCCC(=O)OC(=O)CCC(N)C(=O)OC.[H-].[Na+]. The maximum Gasteiger partial charge on any atom is 1.00 e. The molecule has 0 fully saturated rings. The van der Waals surface area contributed by atoms with Gasteiger partial charge in [-0.05, 0) is 12.8 Å². The largest absolute Gasteiger partial charge is 1.00 e. The first-order valence-corrected chi connectivity index (χ1v) is 10.1. The molecule has 2 N–H and O–H groups in total. The molecular formula is C20H38NNaO5. The van der Waals surface area contributed by atoms with Gasteiger partial charge in [-0.15, -0.1) is 0 Å². The molecule has 0 saturated carbocycles. The minimum Gasteiger partial charge on any atom is -1.00 e. The first kappa shape index (κ1) is 28.8. The van der Waals surface area contributed by atoms with E-state index >= 15 is 0 Å². The predicted octanol–water partition coefficient (Wildman–Crippen LogP) is 1.15. The predicted molar refractivity (Wildman–Crippen MR) is 103 cm³/mol. The number of hydrogen-bond donors (Lipinski definition) is 1. The summed E-state index contributed by atoms with van der Waals surface area (Å²) < 4.78 is 9.19. The van der Waals surface area contributed by atoms with Crippen LogP contribution in [0.2, 0.25) is 0 Å². The zero-order chi connectivity index (χ0) is 19.6. The Hall–Kier alpha value is -0.430. The molecule has 0 rings (SSSR count). The van der Waals surface area contributed by atoms with Crippen molar-refractivity contribution in [3.8, 4) is 0 Å². The van der Waals surface area contributed by atoms with Crippen LogP contribution in [0.5, 0.6) is 0 Å². The van der Waals surface area contributed by atoms with E-state index in [2.05, 4.69) is 11.7 Å². The maximum atomic E-state index is 11.6. The Morgan fingerprint density at radius 3 is 1.74 bits per heavy atom. The minimum atomic E-state index is -0.866. The molecule has 0 bridgehead atoms. The first-order valence-electron chi connectivity index (χ1n) is 10.1. The number of hydrogen-bond acceptors (Lipinski definition) is 6. The summed E-state index contributed by atoms with van der Waals surface area (Å²) in [4.78, 5) is 34.2. The molecule has 1 atom stereocenters. The van der Waals surface area contributed by atoms with E-state index in [1.54, 1.807) is 0 Å². The second-order valence-corrected chi connectivity index (χ2v) is 6.80. The molecule has 0 amide bonds. The van der Waals surface area contributed by atoms with Gasteiger partial charge in [0.15, 0.2) is 0 Å². The van der Waals surface area contributed by atoms with Gasteiger partial charge in [0, 0.05) is 12.8 Å². The van der Waals surface area contributed by atoms with E-state index in [4.69, 9.17) is 10.5 Å². The summed E-state index contributed by atoms with van der Waals surface area (Å²) in [6.07, 6.45) is 13.5. The standard InChI is InChI=1S/C20H37NO5.Na.H/c1-3-4-5-6-7-8-9-10-11-12-13-14-18(22)26-19(23)16-15-17(21)20(24)25-2;;/h17H,3-16,21H2,1-2H3;;/q;+1;-1. The molecule has 0 aliphatic carbocycles. The van der Waals surface area contributed by atoms with Crippen molar-refractivity contribution in [3.63, 3.8) is 0 Å². The summed E-state index contributed by atoms with van der Waals surface area (Å²) in [6, 6.07) is -0.866. The van der Waals surface area contributed by atoms with E-state index in [1.165, 1.54) is 58.5 Å². The van der Waals surface area contributed by atoms with Crippen LogP contribution in [0.3, 0.4) is 0 Å². The molecule has 0 aliphatic heterocycles. The van der Waals surface area contributed by atoms with Crippen LogP contribution >= 0.6 is 0 Å². The maximum absolute atomic E-state index is 11.6. The summed E-state index contributed by atoms with van der Waals surface area (Å²) in [7, 11) is 1.23. The van der Waals surface area contributed by atoms with Crippen molar-refractivity contribution in [1.29, 1.82) is 0 Å². The fourth-order valence-corrected chi connectivity index (χ4v) is 2.71. The number of esters is 3. The van der Waals surface area contributed by atoms with Crippen LogP contribution in [0.4, 0.5) is 0 Å². The van der Waals surface area contributed by atoms with Crippen molar-refractivity contribution in [2.45, 2.75) is 103 Å². The number of carbonyl (C=O) groups is 3. The topological polar surface area (TPSA) is 95.7 Å². The number of unbranched alkanes of at least 4 members (excludes halogenated alkanes) is 10. The Labute approximate surface area is 188 Å². The van der Waals surface area contributed by atoms with Gasteiger partial charge in [-0.2, -0.15) is 0 Å². The summed E-state index contributed by atoms with van der Waals surface area (Å²) in [5.41, 5.74) is 5.52. The molecule has 0 aromatic carbocycles. The van der Waals surface area contributed by atoms with Gasteiger partial charge >= 0.3 is 47.5 Å². The normalized spacial score (nSPS) is 11.4. The molecule has 27 heavy (non-hydrogen) atoms. The van der Waals surface area contributed by atoms with Crippen molar-refractivity contribution in [3.05, 3.63) is 0 Å². The fourth-order valence-electron chi connectivity index (χ4n) is 2.71. The van der Waals surface area contributed by atoms with Gasteiger partial charge in [0.2, 0.25) is 0 Å². The molecule has 0 radical (unpaired) electrons. The Bertz CT molecular complexity index is 410. The van der Waals surface area contributed by atoms with Crippen LogP contribution in [0, 0.1) is 0 Å². The Kier molecular flexibility index (Phi) is 21.6. The number of carbonyl (C=O) groups excluding carboxylic acids is 3. The van der Waals surface area contributed by atoms with E-state index in [0.717, 1.165) is 19.3 Å². The van der Waals surface area contributed by atoms with Gasteiger partial charge in [0.1, 0.15) is 6.04 Å². The Morgan fingerprint density at radius 1 is 0.815 bits per heavy atom. The fraction of sp³-hybridized carbons (Fsp3) is 0.850. The summed E-state index contributed by atoms with van der Waals surface area (Å²) in [5.74, 6) is -1.72. The average molecular weight is 396 g/mol. The van der Waals surface area contributed by atoms with Gasteiger partial charge in [-0.3, -0.25) is 14.4 Å². The van der Waals surface area contributed by atoms with Crippen molar-refractivity contribution < 1.29 is 54.8 Å². The summed E-state index contributed by atoms with van der Waals surface area (Å²) in [5, 5.41) is 0. The smallest absolute Gasteiger partial charge is 1.00 e. The van der Waals surface area contributed by atoms with Crippen LogP contribution in [-0.2, 0) is 23.9 Å². The molecule has 154 valence electrons. The van der Waals surface area contributed by atoms with Crippen LogP contribution in [0.15, 0.2) is 0 Å². The van der Waals surface area contributed by atoms with Crippen molar-refractivity contribution in [2.24, 2.45) is 5.73 Å². The third kappa shape index (κ3) is 18.7. The zero-order valence-electron chi connectivity index (χ0n) is 18.6. The molecule has 7 heteroatoms. The van der Waals surface area contributed by atoms with Gasteiger partial charge in [0.05, 0.1) is 7.11 Å². The second-order valence-electron chi connectivity index (χ2n) is 6.80. The average Bonchev–Trinajstić information content (AvgIpc) is 2.63. The molecule has 0 heterocycles. The Balaban J connectivity index is -0.00000312. The number of nitrogens with two attached hydrogens (primary N) is 1. The van der Waals surface area contributed by atoms with Crippen LogP contribution in [0.1, 0.15) is 98.2 Å². The third-order valence-corrected chi connectivity index (χ3v) is 4.38. The number of methoxy groups -OCH3 is 1. The quantitative estimate of drug-likeness (QED) is 0.182. The van der Waals surface area contributed by atoms with Gasteiger partial charge in [-0.1, -0.05) is 71.1 Å². The molecule has 0 spiro atoms. The van der Waals surface area contributed by atoms with Crippen LogP contribution < -0.4 is 35.3 Å². The third-order valence-electron chi connectivity index (χ3n) is 4.38. The molecule has 6 nitrogen and oxygen atoms in total. The molecule has 0 aromatic heterocycles. The van der Waals surface area contributed by atoms with E-state index < -0.39 is 23.9 Å². The molecule has 0 aromatic rings. The number of rotatable bonds is 16. The first-order chi connectivity index (χ1) is 12.5. The van der Waals surface area contributed by atoms with E-state index in [9.17, 15) is 14.4 Å². The van der Waals surface area contributed by atoms with Crippen molar-refractivity contribution >= 4 is 17.9 Å². The molecule has 0 saturated heterocycles. The van der Waals surface area contributed by atoms with Gasteiger partial charge < -0.3 is 16.6 Å². The van der Waals surface area contributed by atoms with Gasteiger partial charge in [-0.25, -0.2) is 0 Å². The summed E-state index contributed by atoms with van der Waals surface area (Å²) >= 11 is 0. The summed E-state index contributed by atoms with van der Waals surface area (Å²) in [6.45, 7) is 2.23. The van der Waals surface area contributed by atoms with E-state index in [0.29, 0.717) is 0 Å². The monoisotopic (exact) mass is 395 g/mol. The van der Waals surface area contributed by atoms with Crippen LogP contribution in [-0.4, -0.2) is 31.1 Å². The minimum absolute atomic E-state index is 0. The Morgan fingerprint density at radius 2 is 1.26 bits per heavy atom. The van der Waals surface area contributed by atoms with Crippen molar-refractivity contribution in [1.82, 2.24) is 0 Å². The number of ether oxygens (including phenoxy) is 2. The molecule has 0 aliphatic rings.